The molecular formula is C19H14O4. The number of carbonyl (C=O) groups is 1. The zero-order valence-corrected chi connectivity index (χ0v) is 12.6. The topological polar surface area (TPSA) is 56.5 Å². The predicted molar refractivity (Wildman–Crippen MR) is 88.7 cm³/mol. The number of hydrogen-bond donors (Lipinski definition) is 0. The molecule has 114 valence electrons. The van der Waals surface area contributed by atoms with Crippen LogP contribution in [0.2, 0.25) is 0 Å². The van der Waals surface area contributed by atoms with E-state index in [-0.39, 0.29) is 5.43 Å². The van der Waals surface area contributed by atoms with Crippen LogP contribution in [0.4, 0.5) is 0 Å². The first kappa shape index (κ1) is 13.8. The van der Waals surface area contributed by atoms with Crippen LogP contribution in [0, 0.1) is 0 Å². The Morgan fingerprint density at radius 3 is 2.83 bits per heavy atom. The third kappa shape index (κ3) is 2.23. The number of hydrogen-bond acceptors (Lipinski definition) is 4. The van der Waals surface area contributed by atoms with E-state index in [1.807, 2.05) is 18.2 Å². The Bertz CT molecular complexity index is 1040. The second kappa shape index (κ2) is 5.09. The van der Waals surface area contributed by atoms with Crippen molar-refractivity contribution in [2.24, 2.45) is 0 Å². The van der Waals surface area contributed by atoms with Crippen LogP contribution in [0.25, 0.3) is 28.0 Å². The van der Waals surface area contributed by atoms with Gasteiger partial charge in [0.05, 0.1) is 10.8 Å². The first-order valence-electron chi connectivity index (χ1n) is 7.51. The van der Waals surface area contributed by atoms with Gasteiger partial charge in [0.2, 0.25) is 5.43 Å². The monoisotopic (exact) mass is 306 g/mol. The van der Waals surface area contributed by atoms with Gasteiger partial charge in [0.25, 0.3) is 0 Å². The summed E-state index contributed by atoms with van der Waals surface area (Å²) in [7, 11) is 0. The first-order valence-corrected chi connectivity index (χ1v) is 7.51. The molecule has 23 heavy (non-hydrogen) atoms. The molecule has 4 rings (SSSR count). The minimum Gasteiger partial charge on any atom is -0.456 e. The maximum absolute atomic E-state index is 13.0. The van der Waals surface area contributed by atoms with Crippen LogP contribution in [0.3, 0.4) is 0 Å². The van der Waals surface area contributed by atoms with Gasteiger partial charge < -0.3 is 9.15 Å². The summed E-state index contributed by atoms with van der Waals surface area (Å²) >= 11 is 0. The summed E-state index contributed by atoms with van der Waals surface area (Å²) in [4.78, 5) is 24.1. The molecule has 1 aromatic heterocycles. The zero-order chi connectivity index (χ0) is 16.0. The van der Waals surface area contributed by atoms with Crippen LogP contribution in [0.5, 0.6) is 5.75 Å². The number of fused-ring (bicyclic) bond motifs is 4. The molecule has 0 atom stereocenters. The molecule has 1 aliphatic rings. The Labute approximate surface area is 132 Å². The Kier molecular flexibility index (Phi) is 3.05. The Morgan fingerprint density at radius 1 is 1.17 bits per heavy atom. The van der Waals surface area contributed by atoms with Gasteiger partial charge in [0.1, 0.15) is 16.9 Å². The Hall–Kier alpha value is -2.88. The van der Waals surface area contributed by atoms with E-state index in [1.165, 1.54) is 6.92 Å². The molecule has 2 aromatic carbocycles. The fraction of sp³-hybridized carbons (Fsp3) is 0.158. The van der Waals surface area contributed by atoms with E-state index in [0.717, 1.165) is 24.0 Å². The summed E-state index contributed by atoms with van der Waals surface area (Å²) in [5.41, 5.74) is 3.05. The number of esters is 1. The van der Waals surface area contributed by atoms with Crippen LogP contribution >= 0.6 is 0 Å². The fourth-order valence-corrected chi connectivity index (χ4v) is 3.07. The lowest BCUT2D eigenvalue weighted by Crippen LogP contribution is -2.08. The molecule has 0 fully saturated rings. The largest absolute Gasteiger partial charge is 0.456 e. The van der Waals surface area contributed by atoms with E-state index in [4.69, 9.17) is 9.15 Å². The highest BCUT2D eigenvalue weighted by Gasteiger charge is 2.15. The molecule has 0 radical (unpaired) electrons. The van der Waals surface area contributed by atoms with E-state index >= 15 is 0 Å². The Morgan fingerprint density at radius 2 is 2.00 bits per heavy atom. The first-order chi connectivity index (χ1) is 11.1. The summed E-state index contributed by atoms with van der Waals surface area (Å²) in [5, 5.41) is 1.01. The van der Waals surface area contributed by atoms with E-state index < -0.39 is 5.97 Å². The quantitative estimate of drug-likeness (QED) is 0.389. The molecule has 0 amide bonds. The molecule has 0 saturated heterocycles. The second-order valence-electron chi connectivity index (χ2n) is 5.64. The van der Waals surface area contributed by atoms with Crippen LogP contribution in [0.1, 0.15) is 24.5 Å². The minimum absolute atomic E-state index is 0.0985. The SMILES string of the molecule is CC(=O)Oc1ccc2oc3ccc4c(c3c(=O)c2c1)C=CCC4. The molecule has 0 N–H and O–H groups in total. The van der Waals surface area contributed by atoms with Crippen molar-refractivity contribution in [2.75, 3.05) is 0 Å². The number of benzene rings is 2. The highest BCUT2D eigenvalue weighted by molar-refractivity contribution is 5.96. The lowest BCUT2D eigenvalue weighted by atomic mass is 9.93. The number of aryl methyl sites for hydroxylation is 1. The van der Waals surface area contributed by atoms with Gasteiger partial charge >= 0.3 is 5.97 Å². The van der Waals surface area contributed by atoms with Crippen LogP contribution in [-0.2, 0) is 11.2 Å². The van der Waals surface area contributed by atoms with Crippen molar-refractivity contribution >= 4 is 34.0 Å². The number of carbonyl (C=O) groups excluding carboxylic acids is 1. The summed E-state index contributed by atoms with van der Waals surface area (Å²) in [6, 6.07) is 8.71. The summed E-state index contributed by atoms with van der Waals surface area (Å²) in [6.45, 7) is 1.33. The molecule has 1 heterocycles. The Balaban J connectivity index is 2.07. The molecule has 0 bridgehead atoms. The number of ether oxygens (including phenoxy) is 1. The normalized spacial score (nSPS) is 13.3. The number of rotatable bonds is 1. The van der Waals surface area contributed by atoms with E-state index in [0.29, 0.717) is 27.7 Å². The van der Waals surface area contributed by atoms with E-state index in [2.05, 4.69) is 6.08 Å². The van der Waals surface area contributed by atoms with Crippen molar-refractivity contribution in [3.63, 3.8) is 0 Å². The molecule has 0 spiro atoms. The summed E-state index contributed by atoms with van der Waals surface area (Å²) in [5.74, 6) is -0.0770. The molecule has 0 aliphatic heterocycles. The van der Waals surface area contributed by atoms with Gasteiger partial charge in [-0.2, -0.15) is 0 Å². The standard InChI is InChI=1S/C19H14O4/c1-11(20)22-13-7-9-16-15(10-13)19(21)18-14-5-3-2-4-12(14)6-8-17(18)23-16/h3,5-10H,2,4H2,1H3. The molecule has 3 aromatic rings. The van der Waals surface area contributed by atoms with Gasteiger partial charge in [-0.1, -0.05) is 18.2 Å². The van der Waals surface area contributed by atoms with Crippen molar-refractivity contribution in [1.29, 1.82) is 0 Å². The maximum atomic E-state index is 13.0. The lowest BCUT2D eigenvalue weighted by molar-refractivity contribution is -0.131. The third-order valence-electron chi connectivity index (χ3n) is 4.07. The van der Waals surface area contributed by atoms with Gasteiger partial charge in [-0.05, 0) is 48.2 Å². The van der Waals surface area contributed by atoms with Crippen molar-refractivity contribution in [3.8, 4) is 5.75 Å². The van der Waals surface area contributed by atoms with E-state index in [9.17, 15) is 9.59 Å². The predicted octanol–water partition coefficient (Wildman–Crippen LogP) is 3.83. The van der Waals surface area contributed by atoms with Crippen molar-refractivity contribution in [2.45, 2.75) is 19.8 Å². The highest BCUT2D eigenvalue weighted by atomic mass is 16.5. The summed E-state index contributed by atoms with van der Waals surface area (Å²) in [6.07, 6.45) is 5.96. The van der Waals surface area contributed by atoms with Crippen molar-refractivity contribution < 1.29 is 13.9 Å². The average Bonchev–Trinajstić information content (AvgIpc) is 2.54. The fourth-order valence-electron chi connectivity index (χ4n) is 3.07. The maximum Gasteiger partial charge on any atom is 0.308 e. The molecule has 4 heteroatoms. The lowest BCUT2D eigenvalue weighted by Gasteiger charge is -2.13. The van der Waals surface area contributed by atoms with Crippen LogP contribution < -0.4 is 10.2 Å². The molecule has 1 aliphatic carbocycles. The molecule has 0 saturated carbocycles. The molecule has 4 nitrogen and oxygen atoms in total. The van der Waals surface area contributed by atoms with Crippen molar-refractivity contribution in [3.05, 3.63) is 57.8 Å². The second-order valence-corrected chi connectivity index (χ2v) is 5.64. The summed E-state index contributed by atoms with van der Waals surface area (Å²) < 4.78 is 10.9. The van der Waals surface area contributed by atoms with Crippen molar-refractivity contribution in [1.82, 2.24) is 0 Å². The van der Waals surface area contributed by atoms with Gasteiger partial charge in [-0.15, -0.1) is 0 Å². The molecule has 0 unspecified atom stereocenters. The average molecular weight is 306 g/mol. The zero-order valence-electron chi connectivity index (χ0n) is 12.6. The third-order valence-corrected chi connectivity index (χ3v) is 4.07. The van der Waals surface area contributed by atoms with Gasteiger partial charge in [-0.25, -0.2) is 0 Å². The number of allylic oxidation sites excluding steroid dienone is 1. The minimum atomic E-state index is -0.421. The van der Waals surface area contributed by atoms with Crippen LogP contribution in [-0.4, -0.2) is 5.97 Å². The van der Waals surface area contributed by atoms with Gasteiger partial charge in [0.15, 0.2) is 0 Å². The molecular weight excluding hydrogens is 292 g/mol. The van der Waals surface area contributed by atoms with Gasteiger partial charge in [-0.3, -0.25) is 9.59 Å². The highest BCUT2D eigenvalue weighted by Crippen LogP contribution is 2.29. The van der Waals surface area contributed by atoms with Crippen LogP contribution in [0.15, 0.2) is 45.6 Å². The van der Waals surface area contributed by atoms with Gasteiger partial charge in [0, 0.05) is 6.92 Å². The smallest absolute Gasteiger partial charge is 0.308 e. The van der Waals surface area contributed by atoms with E-state index in [1.54, 1.807) is 18.2 Å².